The second kappa shape index (κ2) is 7.75. The van der Waals surface area contributed by atoms with Crippen molar-refractivity contribution in [3.05, 3.63) is 30.1 Å². The van der Waals surface area contributed by atoms with Crippen molar-refractivity contribution in [3.63, 3.8) is 0 Å². The highest BCUT2D eigenvalue weighted by Gasteiger charge is 2.33. The molecule has 3 heterocycles. The third kappa shape index (κ3) is 3.75. The maximum atomic E-state index is 12.7. The molecule has 0 aliphatic carbocycles. The van der Waals surface area contributed by atoms with Gasteiger partial charge >= 0.3 is 0 Å². The molecule has 0 saturated carbocycles. The molecule has 6 heteroatoms. The fraction of sp³-hybridized carbons (Fsp3) is 0.611. The molecule has 2 aliphatic heterocycles. The normalized spacial score (nSPS) is 22.0. The molecule has 0 radical (unpaired) electrons. The molecule has 1 atom stereocenters. The van der Waals surface area contributed by atoms with Gasteiger partial charge in [-0.15, -0.1) is 0 Å². The molecule has 24 heavy (non-hydrogen) atoms. The van der Waals surface area contributed by atoms with E-state index in [9.17, 15) is 9.59 Å². The minimum atomic E-state index is 0.0321. The average Bonchev–Trinajstić information content (AvgIpc) is 3.10. The monoisotopic (exact) mass is 331 g/mol. The Bertz CT molecular complexity index is 570. The third-order valence-electron chi connectivity index (χ3n) is 5.06. The van der Waals surface area contributed by atoms with Gasteiger partial charge in [0.2, 0.25) is 5.91 Å². The molecule has 0 unspecified atom stereocenters. The van der Waals surface area contributed by atoms with Crippen molar-refractivity contribution < 1.29 is 14.3 Å². The highest BCUT2D eigenvalue weighted by atomic mass is 16.5. The molecule has 3 rings (SSSR count). The zero-order chi connectivity index (χ0) is 16.9. The van der Waals surface area contributed by atoms with Crippen LogP contribution in [0.1, 0.15) is 29.6 Å². The molecule has 0 spiro atoms. The van der Waals surface area contributed by atoms with Crippen LogP contribution in [0.3, 0.4) is 0 Å². The van der Waals surface area contributed by atoms with Crippen LogP contribution < -0.4 is 0 Å². The summed E-state index contributed by atoms with van der Waals surface area (Å²) in [6, 6.07) is 3.47. The summed E-state index contributed by atoms with van der Waals surface area (Å²) in [5, 5.41) is 0. The van der Waals surface area contributed by atoms with Crippen molar-refractivity contribution in [1.29, 1.82) is 0 Å². The lowest BCUT2D eigenvalue weighted by atomic mass is 9.95. The summed E-state index contributed by atoms with van der Waals surface area (Å²) < 4.78 is 5.20. The van der Waals surface area contributed by atoms with Crippen molar-refractivity contribution in [2.45, 2.75) is 19.3 Å². The molecular weight excluding hydrogens is 306 g/mol. The van der Waals surface area contributed by atoms with E-state index in [0.29, 0.717) is 24.6 Å². The van der Waals surface area contributed by atoms with Gasteiger partial charge in [-0.2, -0.15) is 0 Å². The zero-order valence-corrected chi connectivity index (χ0v) is 14.2. The summed E-state index contributed by atoms with van der Waals surface area (Å²) >= 11 is 0. The molecule has 0 bridgehead atoms. The average molecular weight is 331 g/mol. The van der Waals surface area contributed by atoms with Crippen LogP contribution in [-0.4, -0.2) is 66.5 Å². The number of amides is 2. The Kier molecular flexibility index (Phi) is 5.45. The number of hydrogen-bond donors (Lipinski definition) is 0. The molecule has 2 fully saturated rings. The number of nitrogens with zero attached hydrogens (tertiary/aromatic N) is 3. The van der Waals surface area contributed by atoms with E-state index in [0.717, 1.165) is 39.0 Å². The van der Waals surface area contributed by atoms with Crippen molar-refractivity contribution in [2.75, 3.05) is 39.9 Å². The van der Waals surface area contributed by atoms with Crippen molar-refractivity contribution in [3.8, 4) is 0 Å². The van der Waals surface area contributed by atoms with Gasteiger partial charge < -0.3 is 14.5 Å². The number of carbonyl (C=O) groups excluding carboxylic acids is 2. The van der Waals surface area contributed by atoms with Crippen LogP contribution in [0.2, 0.25) is 0 Å². The number of ether oxygens (including phenoxy) is 1. The summed E-state index contributed by atoms with van der Waals surface area (Å²) in [6.07, 6.45) is 5.79. The number of rotatable bonds is 4. The van der Waals surface area contributed by atoms with Crippen LogP contribution in [0.15, 0.2) is 24.5 Å². The predicted octanol–water partition coefficient (Wildman–Crippen LogP) is 1.43. The molecule has 2 amide bonds. The molecule has 0 aromatic carbocycles. The van der Waals surface area contributed by atoms with Crippen LogP contribution in [0.5, 0.6) is 0 Å². The molecule has 2 saturated heterocycles. The predicted molar refractivity (Wildman–Crippen MR) is 89.4 cm³/mol. The van der Waals surface area contributed by atoms with E-state index in [4.69, 9.17) is 4.74 Å². The Morgan fingerprint density at radius 3 is 2.46 bits per heavy atom. The molecule has 1 aromatic rings. The van der Waals surface area contributed by atoms with Crippen LogP contribution in [0, 0.1) is 11.8 Å². The maximum absolute atomic E-state index is 12.7. The largest absolute Gasteiger partial charge is 0.384 e. The molecule has 130 valence electrons. The summed E-state index contributed by atoms with van der Waals surface area (Å²) in [6.45, 7) is 3.66. The maximum Gasteiger partial charge on any atom is 0.253 e. The number of carbonyl (C=O) groups is 2. The lowest BCUT2D eigenvalue weighted by Gasteiger charge is -2.33. The van der Waals surface area contributed by atoms with E-state index in [2.05, 4.69) is 4.98 Å². The topological polar surface area (TPSA) is 62.7 Å². The first-order chi connectivity index (χ1) is 11.7. The van der Waals surface area contributed by atoms with E-state index < -0.39 is 0 Å². The van der Waals surface area contributed by atoms with Crippen LogP contribution >= 0.6 is 0 Å². The van der Waals surface area contributed by atoms with E-state index in [1.807, 2.05) is 9.80 Å². The third-order valence-corrected chi connectivity index (χ3v) is 5.06. The van der Waals surface area contributed by atoms with Gasteiger partial charge in [-0.3, -0.25) is 14.6 Å². The number of piperidine rings is 1. The van der Waals surface area contributed by atoms with Crippen LogP contribution in [0.4, 0.5) is 0 Å². The van der Waals surface area contributed by atoms with Gasteiger partial charge in [-0.1, -0.05) is 0 Å². The Morgan fingerprint density at radius 2 is 1.79 bits per heavy atom. The summed E-state index contributed by atoms with van der Waals surface area (Å²) in [4.78, 5) is 32.9. The highest BCUT2D eigenvalue weighted by Crippen LogP contribution is 2.25. The quantitative estimate of drug-likeness (QED) is 0.837. The lowest BCUT2D eigenvalue weighted by Crippen LogP contribution is -2.44. The first kappa shape index (κ1) is 16.9. The second-order valence-electron chi connectivity index (χ2n) is 6.70. The second-order valence-corrected chi connectivity index (χ2v) is 6.70. The minimum absolute atomic E-state index is 0.0321. The molecular formula is C18H25N3O3. The molecule has 0 N–H and O–H groups in total. The zero-order valence-electron chi connectivity index (χ0n) is 14.2. The number of hydrogen-bond acceptors (Lipinski definition) is 4. The number of aromatic nitrogens is 1. The van der Waals surface area contributed by atoms with Crippen molar-refractivity contribution in [1.82, 2.24) is 14.8 Å². The fourth-order valence-corrected chi connectivity index (χ4v) is 3.67. The van der Waals surface area contributed by atoms with Gasteiger partial charge in [-0.25, -0.2) is 0 Å². The smallest absolute Gasteiger partial charge is 0.253 e. The van der Waals surface area contributed by atoms with Crippen molar-refractivity contribution in [2.24, 2.45) is 11.8 Å². The van der Waals surface area contributed by atoms with Gasteiger partial charge in [0, 0.05) is 63.1 Å². The van der Waals surface area contributed by atoms with E-state index in [1.165, 1.54) is 0 Å². The molecule has 6 nitrogen and oxygen atoms in total. The molecule has 1 aromatic heterocycles. The summed E-state index contributed by atoms with van der Waals surface area (Å²) in [5.74, 6) is 0.800. The number of pyridine rings is 1. The summed E-state index contributed by atoms with van der Waals surface area (Å²) in [7, 11) is 1.71. The van der Waals surface area contributed by atoms with E-state index in [-0.39, 0.29) is 17.7 Å². The van der Waals surface area contributed by atoms with Gasteiger partial charge in [-0.05, 0) is 31.4 Å². The Morgan fingerprint density at radius 1 is 1.12 bits per heavy atom. The first-order valence-electron chi connectivity index (χ1n) is 8.66. The first-order valence-corrected chi connectivity index (χ1v) is 8.66. The van der Waals surface area contributed by atoms with Gasteiger partial charge in [0.1, 0.15) is 0 Å². The van der Waals surface area contributed by atoms with Crippen molar-refractivity contribution >= 4 is 11.8 Å². The number of methoxy groups -OCH3 is 1. The van der Waals surface area contributed by atoms with Crippen LogP contribution in [-0.2, 0) is 9.53 Å². The molecule has 2 aliphatic rings. The standard InChI is InChI=1S/C18H25N3O3/c1-24-13-14-4-9-21(12-14)18(23)16-5-10-20(11-6-16)17(22)15-2-7-19-8-3-15/h2-3,7-8,14,16H,4-6,9-13H2,1H3/t14-/m1/s1. The van der Waals surface area contributed by atoms with E-state index in [1.54, 1.807) is 31.6 Å². The van der Waals surface area contributed by atoms with Gasteiger partial charge in [0.15, 0.2) is 0 Å². The fourth-order valence-electron chi connectivity index (χ4n) is 3.67. The SMILES string of the molecule is COC[C@@H]1CCN(C(=O)C2CCN(C(=O)c3ccncc3)CC2)C1. The Hall–Kier alpha value is -1.95. The van der Waals surface area contributed by atoms with Gasteiger partial charge in [0.05, 0.1) is 6.61 Å². The highest BCUT2D eigenvalue weighted by molar-refractivity contribution is 5.94. The lowest BCUT2D eigenvalue weighted by molar-refractivity contribution is -0.136. The Balaban J connectivity index is 1.50. The minimum Gasteiger partial charge on any atom is -0.384 e. The van der Waals surface area contributed by atoms with Gasteiger partial charge in [0.25, 0.3) is 5.91 Å². The Labute approximate surface area is 142 Å². The van der Waals surface area contributed by atoms with Crippen LogP contribution in [0.25, 0.3) is 0 Å². The summed E-state index contributed by atoms with van der Waals surface area (Å²) in [5.41, 5.74) is 0.664. The number of likely N-dealkylation sites (tertiary alicyclic amines) is 2. The van der Waals surface area contributed by atoms with E-state index >= 15 is 0 Å².